The molecule has 108 valence electrons. The number of ether oxygens (including phenoxy) is 1. The lowest BCUT2D eigenvalue weighted by Crippen LogP contribution is -2.17. The van der Waals surface area contributed by atoms with Gasteiger partial charge in [0.15, 0.2) is 0 Å². The van der Waals surface area contributed by atoms with Crippen molar-refractivity contribution >= 4 is 12.1 Å². The summed E-state index contributed by atoms with van der Waals surface area (Å²) in [5.74, 6) is 0.570. The van der Waals surface area contributed by atoms with E-state index >= 15 is 0 Å². The van der Waals surface area contributed by atoms with Crippen LogP contribution >= 0.6 is 0 Å². The molecule has 0 bridgehead atoms. The van der Waals surface area contributed by atoms with Gasteiger partial charge in [-0.25, -0.2) is 5.43 Å². The van der Waals surface area contributed by atoms with E-state index in [2.05, 4.69) is 17.5 Å². The quantitative estimate of drug-likeness (QED) is 0.653. The number of hydrogen-bond acceptors (Lipinski definition) is 3. The molecule has 0 fully saturated rings. The van der Waals surface area contributed by atoms with Crippen LogP contribution in [0.2, 0.25) is 0 Å². The second-order valence-electron chi connectivity index (χ2n) is 4.49. The van der Waals surface area contributed by atoms with E-state index in [0.29, 0.717) is 12.2 Å². The molecule has 0 spiro atoms. The van der Waals surface area contributed by atoms with E-state index in [9.17, 15) is 4.79 Å². The molecule has 0 saturated carbocycles. The Morgan fingerprint density at radius 1 is 1.19 bits per heavy atom. The van der Waals surface area contributed by atoms with Crippen molar-refractivity contribution in [3.63, 3.8) is 0 Å². The lowest BCUT2D eigenvalue weighted by atomic mass is 10.2. The summed E-state index contributed by atoms with van der Waals surface area (Å²) in [5.41, 5.74) is 3.95. The summed E-state index contributed by atoms with van der Waals surface area (Å²) in [6.07, 6.45) is 2.56. The number of amides is 1. The van der Waals surface area contributed by atoms with Crippen molar-refractivity contribution in [2.45, 2.75) is 13.3 Å². The van der Waals surface area contributed by atoms with E-state index in [0.717, 1.165) is 17.7 Å². The SMILES string of the molecule is CCCOc1cccc(/C=N/NC(=O)c2ccccc2)c1. The molecule has 21 heavy (non-hydrogen) atoms. The molecule has 1 amide bonds. The number of rotatable bonds is 6. The molecule has 4 heteroatoms. The van der Waals surface area contributed by atoms with Gasteiger partial charge in [0, 0.05) is 5.56 Å². The van der Waals surface area contributed by atoms with Gasteiger partial charge in [-0.3, -0.25) is 4.79 Å². The van der Waals surface area contributed by atoms with Crippen LogP contribution in [-0.4, -0.2) is 18.7 Å². The van der Waals surface area contributed by atoms with Crippen LogP contribution in [0, 0.1) is 0 Å². The smallest absolute Gasteiger partial charge is 0.271 e. The lowest BCUT2D eigenvalue weighted by Gasteiger charge is -2.04. The second-order valence-corrected chi connectivity index (χ2v) is 4.49. The van der Waals surface area contributed by atoms with Gasteiger partial charge < -0.3 is 4.74 Å². The minimum atomic E-state index is -0.231. The molecule has 1 N–H and O–H groups in total. The molecule has 0 heterocycles. The average molecular weight is 282 g/mol. The van der Waals surface area contributed by atoms with Gasteiger partial charge in [-0.1, -0.05) is 37.3 Å². The molecule has 0 saturated heterocycles. The van der Waals surface area contributed by atoms with E-state index in [-0.39, 0.29) is 5.91 Å². The zero-order valence-electron chi connectivity index (χ0n) is 12.0. The first-order valence-corrected chi connectivity index (χ1v) is 6.91. The molecule has 0 unspecified atom stereocenters. The molecule has 0 atom stereocenters. The summed E-state index contributed by atoms with van der Waals surface area (Å²) < 4.78 is 5.54. The Hall–Kier alpha value is -2.62. The molecule has 0 aromatic heterocycles. The molecule has 0 radical (unpaired) electrons. The van der Waals surface area contributed by atoms with E-state index in [1.165, 1.54) is 0 Å². The van der Waals surface area contributed by atoms with Crippen molar-refractivity contribution in [1.82, 2.24) is 5.43 Å². The summed E-state index contributed by atoms with van der Waals surface area (Å²) in [7, 11) is 0. The second kappa shape index (κ2) is 7.85. The number of benzene rings is 2. The fraction of sp³-hybridized carbons (Fsp3) is 0.176. The van der Waals surface area contributed by atoms with Crippen molar-refractivity contribution in [2.24, 2.45) is 5.10 Å². The topological polar surface area (TPSA) is 50.7 Å². The summed E-state index contributed by atoms with van der Waals surface area (Å²) in [6.45, 7) is 2.75. The molecule has 0 aliphatic heterocycles. The first-order valence-electron chi connectivity index (χ1n) is 6.91. The van der Waals surface area contributed by atoms with Gasteiger partial charge >= 0.3 is 0 Å². The minimum Gasteiger partial charge on any atom is -0.494 e. The Labute approximate surface area is 124 Å². The van der Waals surface area contributed by atoms with Crippen LogP contribution < -0.4 is 10.2 Å². The Kier molecular flexibility index (Phi) is 5.52. The maximum Gasteiger partial charge on any atom is 0.271 e. The highest BCUT2D eigenvalue weighted by atomic mass is 16.5. The third kappa shape index (κ3) is 4.76. The Morgan fingerprint density at radius 3 is 2.76 bits per heavy atom. The fourth-order valence-corrected chi connectivity index (χ4v) is 1.72. The van der Waals surface area contributed by atoms with Crippen LogP contribution in [0.15, 0.2) is 59.7 Å². The minimum absolute atomic E-state index is 0.231. The van der Waals surface area contributed by atoms with E-state index in [1.54, 1.807) is 18.3 Å². The van der Waals surface area contributed by atoms with Crippen LogP contribution in [-0.2, 0) is 0 Å². The summed E-state index contributed by atoms with van der Waals surface area (Å²) in [5, 5.41) is 3.96. The number of nitrogens with zero attached hydrogens (tertiary/aromatic N) is 1. The van der Waals surface area contributed by atoms with Crippen molar-refractivity contribution < 1.29 is 9.53 Å². The molecule has 2 aromatic rings. The molecule has 4 nitrogen and oxygen atoms in total. The van der Waals surface area contributed by atoms with Crippen molar-refractivity contribution in [2.75, 3.05) is 6.61 Å². The third-order valence-electron chi connectivity index (χ3n) is 2.75. The predicted octanol–water partition coefficient (Wildman–Crippen LogP) is 3.24. The average Bonchev–Trinajstić information content (AvgIpc) is 2.54. The maximum atomic E-state index is 11.8. The highest BCUT2D eigenvalue weighted by Gasteiger charge is 2.01. The molecule has 2 rings (SSSR count). The number of nitrogens with one attached hydrogen (secondary N) is 1. The highest BCUT2D eigenvalue weighted by Crippen LogP contribution is 2.12. The van der Waals surface area contributed by atoms with E-state index in [1.807, 2.05) is 42.5 Å². The summed E-state index contributed by atoms with van der Waals surface area (Å²) in [4.78, 5) is 11.8. The van der Waals surface area contributed by atoms with Gasteiger partial charge in [0.05, 0.1) is 12.8 Å². The number of hydrazone groups is 1. The number of carbonyl (C=O) groups excluding carboxylic acids is 1. The zero-order chi connectivity index (χ0) is 14.9. The molecule has 0 aliphatic carbocycles. The van der Waals surface area contributed by atoms with Crippen molar-refractivity contribution in [3.8, 4) is 5.75 Å². The number of hydrogen-bond donors (Lipinski definition) is 1. The first kappa shape index (κ1) is 14.8. The van der Waals surface area contributed by atoms with Gasteiger partial charge in [0.25, 0.3) is 5.91 Å². The van der Waals surface area contributed by atoms with Gasteiger partial charge in [-0.2, -0.15) is 5.10 Å². The Balaban J connectivity index is 1.93. The van der Waals surface area contributed by atoms with Gasteiger partial charge in [-0.05, 0) is 36.2 Å². The van der Waals surface area contributed by atoms with E-state index < -0.39 is 0 Å². The zero-order valence-corrected chi connectivity index (χ0v) is 12.0. The van der Waals surface area contributed by atoms with Crippen LogP contribution in [0.3, 0.4) is 0 Å². The van der Waals surface area contributed by atoms with Gasteiger partial charge in [0.1, 0.15) is 5.75 Å². The van der Waals surface area contributed by atoms with Crippen molar-refractivity contribution in [3.05, 3.63) is 65.7 Å². The number of carbonyl (C=O) groups is 1. The first-order chi connectivity index (χ1) is 10.3. The summed E-state index contributed by atoms with van der Waals surface area (Å²) >= 11 is 0. The third-order valence-corrected chi connectivity index (χ3v) is 2.75. The monoisotopic (exact) mass is 282 g/mol. The van der Waals surface area contributed by atoms with Crippen molar-refractivity contribution in [1.29, 1.82) is 0 Å². The lowest BCUT2D eigenvalue weighted by molar-refractivity contribution is 0.0955. The Bertz CT molecular complexity index is 609. The standard InChI is InChI=1S/C17H18N2O2/c1-2-11-21-16-10-6-7-14(12-16)13-18-19-17(20)15-8-4-3-5-9-15/h3-10,12-13H,2,11H2,1H3,(H,19,20)/b18-13+. The van der Waals surface area contributed by atoms with Crippen LogP contribution in [0.4, 0.5) is 0 Å². The van der Waals surface area contributed by atoms with Crippen LogP contribution in [0.1, 0.15) is 29.3 Å². The maximum absolute atomic E-state index is 11.8. The van der Waals surface area contributed by atoms with Crippen LogP contribution in [0.25, 0.3) is 0 Å². The largest absolute Gasteiger partial charge is 0.494 e. The normalized spacial score (nSPS) is 10.5. The van der Waals surface area contributed by atoms with Crippen LogP contribution in [0.5, 0.6) is 5.75 Å². The molecule has 0 aliphatic rings. The summed E-state index contributed by atoms with van der Waals surface area (Å²) in [6, 6.07) is 16.5. The fourth-order valence-electron chi connectivity index (χ4n) is 1.72. The van der Waals surface area contributed by atoms with Gasteiger partial charge in [-0.15, -0.1) is 0 Å². The molecular formula is C17H18N2O2. The van der Waals surface area contributed by atoms with E-state index in [4.69, 9.17) is 4.74 Å². The highest BCUT2D eigenvalue weighted by molar-refractivity contribution is 5.94. The molecular weight excluding hydrogens is 264 g/mol. The van der Waals surface area contributed by atoms with Gasteiger partial charge in [0.2, 0.25) is 0 Å². The molecule has 2 aromatic carbocycles. The Morgan fingerprint density at radius 2 is 2.00 bits per heavy atom. The predicted molar refractivity (Wildman–Crippen MR) is 83.7 cm³/mol.